The molecule has 10 heteroatoms. The van der Waals surface area contributed by atoms with Crippen molar-refractivity contribution in [1.29, 1.82) is 0 Å². The Morgan fingerprint density at radius 2 is 2.06 bits per heavy atom. The largest absolute Gasteiger partial charge is 0.381 e. The predicted octanol–water partition coefficient (Wildman–Crippen LogP) is 3.89. The summed E-state index contributed by atoms with van der Waals surface area (Å²) in [4.78, 5) is 25.7. The fourth-order valence-electron chi connectivity index (χ4n) is 4.80. The number of imidazole rings is 1. The third-order valence-electron chi connectivity index (χ3n) is 6.92. The highest BCUT2D eigenvalue weighted by molar-refractivity contribution is 5.99. The number of aromatic amines is 2. The Morgan fingerprint density at radius 3 is 2.82 bits per heavy atom. The molecule has 0 aromatic carbocycles. The number of halogens is 2. The van der Waals surface area contributed by atoms with E-state index in [9.17, 15) is 13.6 Å². The summed E-state index contributed by atoms with van der Waals surface area (Å²) in [5.74, 6) is -5.14. The zero-order valence-electron chi connectivity index (χ0n) is 19.0. The first-order valence-corrected chi connectivity index (χ1v) is 11.3. The Balaban J connectivity index is 1.41. The van der Waals surface area contributed by atoms with Crippen molar-refractivity contribution in [2.24, 2.45) is 11.3 Å². The topological polar surface area (TPSA) is 99.8 Å². The van der Waals surface area contributed by atoms with Gasteiger partial charge in [-0.2, -0.15) is 13.9 Å². The predicted molar refractivity (Wildman–Crippen MR) is 119 cm³/mol. The van der Waals surface area contributed by atoms with Crippen LogP contribution in [0.5, 0.6) is 0 Å². The lowest BCUT2D eigenvalue weighted by molar-refractivity contribution is -0.156. The smallest absolute Gasteiger partial charge is 0.328 e. The van der Waals surface area contributed by atoms with Crippen LogP contribution in [-0.2, 0) is 22.4 Å². The fraction of sp³-hybridized carbons (Fsp3) is 0.565. The summed E-state index contributed by atoms with van der Waals surface area (Å²) in [6, 6.07) is 1.62. The molecule has 2 aliphatic rings. The van der Waals surface area contributed by atoms with Crippen LogP contribution in [0.3, 0.4) is 0 Å². The molecule has 1 amide bonds. The van der Waals surface area contributed by atoms with Crippen molar-refractivity contribution in [3.63, 3.8) is 0 Å². The Labute approximate surface area is 190 Å². The molecule has 1 saturated heterocycles. The molecule has 33 heavy (non-hydrogen) atoms. The standard InChI is InChI=1S/C23H28F2N6O2/c1-22(2)7-4-15-17(11-22)29-30-18(15)20-27-16-10-14(12-26-19(16)28-20)31(3)21(32)23(24,25)13-5-8-33-9-6-13/h10,12-13H,4-9,11H2,1-3H3,(H,29,30)(H,26,27,28). The van der Waals surface area contributed by atoms with Crippen LogP contribution in [0.15, 0.2) is 12.3 Å². The number of rotatable bonds is 4. The van der Waals surface area contributed by atoms with Gasteiger partial charge in [0.25, 0.3) is 5.91 Å². The van der Waals surface area contributed by atoms with Crippen LogP contribution in [0.1, 0.15) is 44.4 Å². The number of alkyl halides is 2. The number of carbonyl (C=O) groups excluding carboxylic acids is 1. The van der Waals surface area contributed by atoms with Crippen molar-refractivity contribution in [2.75, 3.05) is 25.2 Å². The van der Waals surface area contributed by atoms with Gasteiger partial charge in [0.15, 0.2) is 11.5 Å². The third-order valence-corrected chi connectivity index (χ3v) is 6.92. The molecule has 0 unspecified atom stereocenters. The zero-order valence-corrected chi connectivity index (χ0v) is 19.0. The number of anilines is 1. The Morgan fingerprint density at radius 1 is 1.30 bits per heavy atom. The summed E-state index contributed by atoms with van der Waals surface area (Å²) in [5, 5.41) is 7.62. The summed E-state index contributed by atoms with van der Waals surface area (Å²) in [7, 11) is 1.35. The minimum atomic E-state index is -3.46. The van der Waals surface area contributed by atoms with E-state index in [0.29, 0.717) is 17.0 Å². The quantitative estimate of drug-likeness (QED) is 0.618. The molecule has 0 saturated carbocycles. The number of carbonyl (C=O) groups is 1. The van der Waals surface area contributed by atoms with E-state index in [1.807, 2.05) is 0 Å². The van der Waals surface area contributed by atoms with Crippen LogP contribution in [0.2, 0.25) is 0 Å². The third kappa shape index (κ3) is 3.90. The zero-order chi connectivity index (χ0) is 23.4. The number of nitrogens with zero attached hydrogens (tertiary/aromatic N) is 4. The number of nitrogens with one attached hydrogen (secondary N) is 2. The van der Waals surface area contributed by atoms with Gasteiger partial charge < -0.3 is 14.6 Å². The van der Waals surface area contributed by atoms with Crippen LogP contribution in [0.4, 0.5) is 14.5 Å². The van der Waals surface area contributed by atoms with Crippen molar-refractivity contribution in [3.8, 4) is 11.5 Å². The van der Waals surface area contributed by atoms with Gasteiger partial charge in [-0.1, -0.05) is 13.8 Å². The van der Waals surface area contributed by atoms with E-state index in [1.54, 1.807) is 6.07 Å². The molecule has 1 aliphatic carbocycles. The number of aromatic nitrogens is 5. The van der Waals surface area contributed by atoms with Gasteiger partial charge in [-0.3, -0.25) is 9.89 Å². The van der Waals surface area contributed by atoms with Crippen LogP contribution in [0.25, 0.3) is 22.7 Å². The summed E-state index contributed by atoms with van der Waals surface area (Å²) in [6.07, 6.45) is 4.61. The fourth-order valence-corrected chi connectivity index (χ4v) is 4.80. The average Bonchev–Trinajstić information content (AvgIpc) is 3.40. The maximum absolute atomic E-state index is 14.9. The van der Waals surface area contributed by atoms with E-state index < -0.39 is 17.7 Å². The summed E-state index contributed by atoms with van der Waals surface area (Å²) in [5.41, 5.74) is 4.54. The van der Waals surface area contributed by atoms with Crippen LogP contribution in [0, 0.1) is 11.3 Å². The van der Waals surface area contributed by atoms with Crippen molar-refractivity contribution in [2.45, 2.75) is 51.9 Å². The SMILES string of the molecule is CN(C(=O)C(F)(F)C1CCOCC1)c1cnc2nc(-c3n[nH]c4c3CCC(C)(C)C4)[nH]c2c1. The molecule has 2 N–H and O–H groups in total. The maximum atomic E-state index is 14.9. The molecular weight excluding hydrogens is 430 g/mol. The molecular formula is C23H28F2N6O2. The molecule has 1 aliphatic heterocycles. The first kappa shape index (κ1) is 21.9. The number of H-pyrrole nitrogens is 2. The second kappa shape index (κ2) is 7.86. The van der Waals surface area contributed by atoms with Gasteiger partial charge in [0.05, 0.1) is 17.4 Å². The van der Waals surface area contributed by atoms with Crippen molar-refractivity contribution in [3.05, 3.63) is 23.5 Å². The second-order valence-electron chi connectivity index (χ2n) is 9.89. The van der Waals surface area contributed by atoms with Crippen LogP contribution < -0.4 is 4.90 Å². The average molecular weight is 459 g/mol. The molecule has 176 valence electrons. The number of fused-ring (bicyclic) bond motifs is 2. The minimum absolute atomic E-state index is 0.166. The normalized spacial score (nSPS) is 18.9. The Kier molecular flexibility index (Phi) is 5.23. The van der Waals surface area contributed by atoms with Crippen LogP contribution >= 0.6 is 0 Å². The van der Waals surface area contributed by atoms with Crippen molar-refractivity contribution in [1.82, 2.24) is 25.1 Å². The molecule has 0 spiro atoms. The van der Waals surface area contributed by atoms with E-state index >= 15 is 0 Å². The van der Waals surface area contributed by atoms with E-state index in [4.69, 9.17) is 4.74 Å². The molecule has 4 heterocycles. The lowest BCUT2D eigenvalue weighted by Gasteiger charge is -2.31. The minimum Gasteiger partial charge on any atom is -0.381 e. The van der Waals surface area contributed by atoms with Gasteiger partial charge in [0.2, 0.25) is 0 Å². The number of amides is 1. The van der Waals surface area contributed by atoms with Gasteiger partial charge in [0, 0.05) is 37.4 Å². The molecule has 0 bridgehead atoms. The summed E-state index contributed by atoms with van der Waals surface area (Å²) >= 11 is 0. The van der Waals surface area contributed by atoms with Crippen molar-refractivity contribution < 1.29 is 18.3 Å². The van der Waals surface area contributed by atoms with Crippen molar-refractivity contribution >= 4 is 22.8 Å². The molecule has 5 rings (SSSR count). The molecule has 1 fully saturated rings. The molecule has 3 aromatic rings. The second-order valence-corrected chi connectivity index (χ2v) is 9.89. The van der Waals surface area contributed by atoms with E-state index in [-0.39, 0.29) is 37.2 Å². The van der Waals surface area contributed by atoms with Gasteiger partial charge in [-0.25, -0.2) is 9.97 Å². The first-order chi connectivity index (χ1) is 15.7. The molecule has 3 aromatic heterocycles. The van der Waals surface area contributed by atoms with Gasteiger partial charge in [0.1, 0.15) is 5.69 Å². The van der Waals surface area contributed by atoms with E-state index in [1.165, 1.54) is 13.2 Å². The molecule has 0 radical (unpaired) electrons. The number of hydrogen-bond acceptors (Lipinski definition) is 5. The van der Waals surface area contributed by atoms with Gasteiger partial charge in [-0.05, 0) is 43.6 Å². The van der Waals surface area contributed by atoms with Gasteiger partial charge in [-0.15, -0.1) is 0 Å². The lowest BCUT2D eigenvalue weighted by Crippen LogP contribution is -2.48. The Bertz CT molecular complexity index is 1190. The highest BCUT2D eigenvalue weighted by Crippen LogP contribution is 2.38. The van der Waals surface area contributed by atoms with E-state index in [2.05, 4.69) is 39.0 Å². The highest BCUT2D eigenvalue weighted by Gasteiger charge is 2.49. The maximum Gasteiger partial charge on any atom is 0.328 e. The molecule has 8 nitrogen and oxygen atoms in total. The van der Waals surface area contributed by atoms with Crippen LogP contribution in [-0.4, -0.2) is 57.2 Å². The summed E-state index contributed by atoms with van der Waals surface area (Å²) in [6.45, 7) is 4.98. The number of ether oxygens (including phenoxy) is 1. The van der Waals surface area contributed by atoms with Gasteiger partial charge >= 0.3 is 5.92 Å². The number of pyridine rings is 1. The monoisotopic (exact) mass is 458 g/mol. The summed E-state index contributed by atoms with van der Waals surface area (Å²) < 4.78 is 34.9. The first-order valence-electron chi connectivity index (χ1n) is 11.3. The van der Waals surface area contributed by atoms with E-state index in [0.717, 1.165) is 41.1 Å². The highest BCUT2D eigenvalue weighted by atomic mass is 19.3. The number of hydrogen-bond donors (Lipinski definition) is 2. The molecule has 0 atom stereocenters. The lowest BCUT2D eigenvalue weighted by atomic mass is 9.76. The Hall–Kier alpha value is -2.88.